The van der Waals surface area contributed by atoms with Crippen molar-refractivity contribution in [3.63, 3.8) is 0 Å². The zero-order valence-electron chi connectivity index (χ0n) is 11.2. The summed E-state index contributed by atoms with van der Waals surface area (Å²) in [5, 5.41) is 0.695. The Morgan fingerprint density at radius 3 is 2.72 bits per heavy atom. The number of rotatable bonds is 9. The lowest BCUT2D eigenvalue weighted by molar-refractivity contribution is 0.279. The average Bonchev–Trinajstić information content (AvgIpc) is 2.36. The summed E-state index contributed by atoms with van der Waals surface area (Å²) in [5.41, 5.74) is 6.02. The maximum Gasteiger partial charge on any atom is 0.120 e. The van der Waals surface area contributed by atoms with E-state index in [1.54, 1.807) is 0 Å². The van der Waals surface area contributed by atoms with Crippen LogP contribution in [0.15, 0.2) is 24.3 Å². The topological polar surface area (TPSA) is 35.2 Å². The Bertz CT molecular complexity index is 330. The zero-order valence-corrected chi connectivity index (χ0v) is 12.0. The molecule has 0 spiro atoms. The number of benzene rings is 1. The molecule has 2 nitrogen and oxygen atoms in total. The third-order valence-electron chi connectivity index (χ3n) is 2.94. The number of ether oxygens (including phenoxy) is 1. The van der Waals surface area contributed by atoms with Crippen molar-refractivity contribution < 1.29 is 4.74 Å². The monoisotopic (exact) mass is 269 g/mol. The van der Waals surface area contributed by atoms with E-state index >= 15 is 0 Å². The van der Waals surface area contributed by atoms with Gasteiger partial charge in [-0.2, -0.15) is 0 Å². The summed E-state index contributed by atoms with van der Waals surface area (Å²) < 4.78 is 5.62. The minimum Gasteiger partial charge on any atom is -0.492 e. The smallest absolute Gasteiger partial charge is 0.120 e. The Balaban J connectivity index is 2.11. The van der Waals surface area contributed by atoms with Crippen molar-refractivity contribution in [2.45, 2.75) is 51.5 Å². The second-order valence-electron chi connectivity index (χ2n) is 4.73. The van der Waals surface area contributed by atoms with Crippen LogP contribution in [-0.2, 0) is 0 Å². The number of hydrogen-bond donors (Lipinski definition) is 1. The van der Waals surface area contributed by atoms with Crippen molar-refractivity contribution in [3.05, 3.63) is 29.3 Å². The molecule has 0 fully saturated rings. The summed E-state index contributed by atoms with van der Waals surface area (Å²) in [7, 11) is 0. The molecule has 1 atom stereocenters. The van der Waals surface area contributed by atoms with E-state index in [4.69, 9.17) is 22.1 Å². The van der Waals surface area contributed by atoms with Gasteiger partial charge in [-0.05, 0) is 24.6 Å². The number of halogens is 1. The first-order chi connectivity index (χ1) is 8.72. The Hall–Kier alpha value is -0.730. The van der Waals surface area contributed by atoms with Crippen LogP contribution in [0.4, 0.5) is 0 Å². The lowest BCUT2D eigenvalue weighted by Gasteiger charge is -2.13. The van der Waals surface area contributed by atoms with Gasteiger partial charge in [-0.15, -0.1) is 0 Å². The molecule has 0 radical (unpaired) electrons. The molecule has 102 valence electrons. The largest absolute Gasteiger partial charge is 0.492 e. The molecule has 0 saturated heterocycles. The first-order valence-corrected chi connectivity index (χ1v) is 7.24. The molecule has 0 aliphatic rings. The summed E-state index contributed by atoms with van der Waals surface area (Å²) in [6.07, 6.45) is 7.43. The van der Waals surface area contributed by atoms with E-state index < -0.39 is 0 Å². The van der Waals surface area contributed by atoms with Crippen LogP contribution in [0.25, 0.3) is 0 Å². The maximum absolute atomic E-state index is 6.02. The maximum atomic E-state index is 6.02. The average molecular weight is 270 g/mol. The molecular formula is C15H24ClNO. The van der Waals surface area contributed by atoms with Crippen molar-refractivity contribution in [2.24, 2.45) is 5.73 Å². The Morgan fingerprint density at radius 1 is 1.22 bits per heavy atom. The highest BCUT2D eigenvalue weighted by molar-refractivity contribution is 6.30. The van der Waals surface area contributed by atoms with E-state index in [9.17, 15) is 0 Å². The predicted molar refractivity (Wildman–Crippen MR) is 78.3 cm³/mol. The van der Waals surface area contributed by atoms with E-state index in [0.29, 0.717) is 11.6 Å². The lowest BCUT2D eigenvalue weighted by atomic mass is 10.1. The van der Waals surface area contributed by atoms with Crippen LogP contribution in [0, 0.1) is 0 Å². The predicted octanol–water partition coefficient (Wildman–Crippen LogP) is 4.41. The first kappa shape index (κ1) is 15.3. The van der Waals surface area contributed by atoms with E-state index in [-0.39, 0.29) is 6.04 Å². The van der Waals surface area contributed by atoms with Gasteiger partial charge in [0, 0.05) is 11.1 Å². The third kappa shape index (κ3) is 6.87. The molecule has 0 amide bonds. The van der Waals surface area contributed by atoms with E-state index in [1.807, 2.05) is 24.3 Å². The van der Waals surface area contributed by atoms with Gasteiger partial charge in [0.05, 0.1) is 0 Å². The second kappa shape index (κ2) is 9.23. The van der Waals surface area contributed by atoms with Crippen LogP contribution in [0.1, 0.15) is 45.4 Å². The molecule has 0 bridgehead atoms. The SMILES string of the molecule is CCCCCCCC(N)COc1cccc(Cl)c1. The van der Waals surface area contributed by atoms with Crippen molar-refractivity contribution in [1.82, 2.24) is 0 Å². The number of unbranched alkanes of at least 4 members (excludes halogenated alkanes) is 4. The fourth-order valence-electron chi connectivity index (χ4n) is 1.85. The Morgan fingerprint density at radius 2 is 2.00 bits per heavy atom. The van der Waals surface area contributed by atoms with Gasteiger partial charge in [0.25, 0.3) is 0 Å². The minimum absolute atomic E-state index is 0.116. The van der Waals surface area contributed by atoms with Gasteiger partial charge in [0.2, 0.25) is 0 Å². The Labute approximate surface area is 115 Å². The van der Waals surface area contributed by atoms with Crippen molar-refractivity contribution in [3.8, 4) is 5.75 Å². The number of hydrogen-bond acceptors (Lipinski definition) is 2. The molecule has 1 aromatic rings. The quantitative estimate of drug-likeness (QED) is 0.674. The lowest BCUT2D eigenvalue weighted by Crippen LogP contribution is -2.27. The molecule has 0 aliphatic heterocycles. The first-order valence-electron chi connectivity index (χ1n) is 6.86. The summed E-state index contributed by atoms with van der Waals surface area (Å²) in [5.74, 6) is 0.795. The fraction of sp³-hybridized carbons (Fsp3) is 0.600. The molecule has 0 aromatic heterocycles. The van der Waals surface area contributed by atoms with Gasteiger partial charge in [-0.1, -0.05) is 56.7 Å². The molecular weight excluding hydrogens is 246 g/mol. The molecule has 18 heavy (non-hydrogen) atoms. The molecule has 1 rings (SSSR count). The van der Waals surface area contributed by atoms with E-state index in [0.717, 1.165) is 12.2 Å². The second-order valence-corrected chi connectivity index (χ2v) is 5.17. The fourth-order valence-corrected chi connectivity index (χ4v) is 2.03. The summed E-state index contributed by atoms with van der Waals surface area (Å²) in [6.45, 7) is 2.79. The van der Waals surface area contributed by atoms with Crippen LogP contribution in [0.5, 0.6) is 5.75 Å². The molecule has 0 saturated carbocycles. The minimum atomic E-state index is 0.116. The van der Waals surface area contributed by atoms with Crippen LogP contribution < -0.4 is 10.5 Å². The van der Waals surface area contributed by atoms with Crippen molar-refractivity contribution >= 4 is 11.6 Å². The van der Waals surface area contributed by atoms with Crippen molar-refractivity contribution in [2.75, 3.05) is 6.61 Å². The van der Waals surface area contributed by atoms with Gasteiger partial charge in [-0.3, -0.25) is 0 Å². The highest BCUT2D eigenvalue weighted by Crippen LogP contribution is 2.17. The molecule has 0 aliphatic carbocycles. The highest BCUT2D eigenvalue weighted by Gasteiger charge is 2.04. The molecule has 2 N–H and O–H groups in total. The normalized spacial score (nSPS) is 12.4. The summed E-state index contributed by atoms with van der Waals surface area (Å²) >= 11 is 5.88. The third-order valence-corrected chi connectivity index (χ3v) is 3.17. The van der Waals surface area contributed by atoms with Gasteiger partial charge in [0.15, 0.2) is 0 Å². The molecule has 1 aromatic carbocycles. The van der Waals surface area contributed by atoms with Gasteiger partial charge in [0.1, 0.15) is 12.4 Å². The Kier molecular flexibility index (Phi) is 7.86. The van der Waals surface area contributed by atoms with Crippen LogP contribution >= 0.6 is 11.6 Å². The zero-order chi connectivity index (χ0) is 13.2. The van der Waals surface area contributed by atoms with Gasteiger partial charge >= 0.3 is 0 Å². The summed E-state index contributed by atoms with van der Waals surface area (Å²) in [4.78, 5) is 0. The van der Waals surface area contributed by atoms with Gasteiger partial charge < -0.3 is 10.5 Å². The number of nitrogens with two attached hydrogens (primary N) is 1. The van der Waals surface area contributed by atoms with Crippen LogP contribution in [0.2, 0.25) is 5.02 Å². The molecule has 3 heteroatoms. The standard InChI is InChI=1S/C15H24ClNO/c1-2-3-4-5-6-9-14(17)12-18-15-10-7-8-13(16)11-15/h7-8,10-11,14H,2-6,9,12,17H2,1H3. The van der Waals surface area contributed by atoms with Crippen molar-refractivity contribution in [1.29, 1.82) is 0 Å². The van der Waals surface area contributed by atoms with Crippen LogP contribution in [-0.4, -0.2) is 12.6 Å². The molecule has 0 heterocycles. The van der Waals surface area contributed by atoms with E-state index in [1.165, 1.54) is 32.1 Å². The van der Waals surface area contributed by atoms with Crippen LogP contribution in [0.3, 0.4) is 0 Å². The summed E-state index contributed by atoms with van der Waals surface area (Å²) in [6, 6.07) is 7.55. The van der Waals surface area contributed by atoms with Gasteiger partial charge in [-0.25, -0.2) is 0 Å². The highest BCUT2D eigenvalue weighted by atomic mass is 35.5. The van der Waals surface area contributed by atoms with E-state index in [2.05, 4.69) is 6.92 Å². The molecule has 1 unspecified atom stereocenters.